The van der Waals surface area contributed by atoms with E-state index in [1.54, 1.807) is 7.11 Å². The molecule has 2 atom stereocenters. The second-order valence-corrected chi connectivity index (χ2v) is 5.83. The topological polar surface area (TPSA) is 61.8 Å². The summed E-state index contributed by atoms with van der Waals surface area (Å²) >= 11 is 0. The third-order valence-corrected chi connectivity index (χ3v) is 3.40. The van der Waals surface area contributed by atoms with E-state index in [0.717, 1.165) is 26.1 Å². The predicted octanol–water partition coefficient (Wildman–Crippen LogP) is 0.478. The van der Waals surface area contributed by atoms with Crippen LogP contribution in [0, 0.1) is 11.8 Å². The van der Waals surface area contributed by atoms with Crippen molar-refractivity contribution < 1.29 is 14.6 Å². The zero-order valence-corrected chi connectivity index (χ0v) is 12.4. The molecular formula is C14H28N2O3. The second-order valence-electron chi connectivity index (χ2n) is 5.83. The summed E-state index contributed by atoms with van der Waals surface area (Å²) in [6, 6.07) is 0. The minimum absolute atomic E-state index is 0.110. The number of likely N-dealkylation sites (tertiary alicyclic amines) is 1. The fraction of sp³-hybridized carbons (Fsp3) is 0.929. The molecule has 0 aromatic heterocycles. The third kappa shape index (κ3) is 6.36. The van der Waals surface area contributed by atoms with Crippen LogP contribution >= 0.6 is 0 Å². The van der Waals surface area contributed by atoms with Gasteiger partial charge in [0.15, 0.2) is 0 Å². The van der Waals surface area contributed by atoms with Crippen LogP contribution in [0.3, 0.4) is 0 Å². The lowest BCUT2D eigenvalue weighted by Crippen LogP contribution is -2.35. The molecule has 2 unspecified atom stereocenters. The van der Waals surface area contributed by atoms with E-state index in [-0.39, 0.29) is 11.8 Å². The van der Waals surface area contributed by atoms with Gasteiger partial charge in [-0.3, -0.25) is 4.79 Å². The van der Waals surface area contributed by atoms with Crippen molar-refractivity contribution in [1.82, 2.24) is 10.2 Å². The van der Waals surface area contributed by atoms with Gasteiger partial charge in [0.2, 0.25) is 5.91 Å². The van der Waals surface area contributed by atoms with Gasteiger partial charge >= 0.3 is 0 Å². The predicted molar refractivity (Wildman–Crippen MR) is 74.9 cm³/mol. The highest BCUT2D eigenvalue weighted by Gasteiger charge is 2.28. The summed E-state index contributed by atoms with van der Waals surface area (Å²) < 4.78 is 4.84. The van der Waals surface area contributed by atoms with E-state index in [0.29, 0.717) is 25.5 Å². The molecule has 0 aliphatic carbocycles. The number of carbonyl (C=O) groups is 1. The van der Waals surface area contributed by atoms with Crippen LogP contribution in [-0.4, -0.2) is 61.9 Å². The summed E-state index contributed by atoms with van der Waals surface area (Å²) in [6.45, 7) is 8.18. The molecule has 0 aromatic carbocycles. The molecular weight excluding hydrogens is 244 g/mol. The molecule has 1 heterocycles. The monoisotopic (exact) mass is 272 g/mol. The Balaban J connectivity index is 2.17. The van der Waals surface area contributed by atoms with E-state index in [1.165, 1.54) is 0 Å². The normalized spacial score (nSPS) is 21.8. The van der Waals surface area contributed by atoms with Gasteiger partial charge in [0.1, 0.15) is 0 Å². The largest absolute Gasteiger partial charge is 0.391 e. The fourth-order valence-corrected chi connectivity index (χ4v) is 2.51. The molecule has 1 rings (SSSR count). The molecule has 5 nitrogen and oxygen atoms in total. The van der Waals surface area contributed by atoms with Crippen molar-refractivity contribution in [2.45, 2.75) is 32.8 Å². The lowest BCUT2D eigenvalue weighted by molar-refractivity contribution is -0.124. The van der Waals surface area contributed by atoms with Crippen molar-refractivity contribution >= 4 is 5.91 Å². The van der Waals surface area contributed by atoms with Gasteiger partial charge in [-0.1, -0.05) is 13.8 Å². The first-order chi connectivity index (χ1) is 9.02. The van der Waals surface area contributed by atoms with E-state index in [4.69, 9.17) is 4.74 Å². The average Bonchev–Trinajstić information content (AvgIpc) is 2.77. The van der Waals surface area contributed by atoms with Crippen molar-refractivity contribution in [1.29, 1.82) is 0 Å². The number of rotatable bonds is 8. The van der Waals surface area contributed by atoms with Crippen LogP contribution in [0.5, 0.6) is 0 Å². The summed E-state index contributed by atoms with van der Waals surface area (Å²) in [4.78, 5) is 14.3. The van der Waals surface area contributed by atoms with Crippen LogP contribution in [0.15, 0.2) is 0 Å². The molecule has 1 aliphatic rings. The maximum Gasteiger partial charge on any atom is 0.224 e. The van der Waals surface area contributed by atoms with Crippen LogP contribution in [-0.2, 0) is 9.53 Å². The number of carbonyl (C=O) groups excluding carboxylic acids is 1. The first kappa shape index (κ1) is 16.4. The summed E-state index contributed by atoms with van der Waals surface area (Å²) in [5.74, 6) is 0.875. The smallest absolute Gasteiger partial charge is 0.224 e. The van der Waals surface area contributed by atoms with Crippen molar-refractivity contribution in [3.05, 3.63) is 0 Å². The zero-order chi connectivity index (χ0) is 14.3. The lowest BCUT2D eigenvalue weighted by Gasteiger charge is -2.18. The summed E-state index contributed by atoms with van der Waals surface area (Å²) in [7, 11) is 1.56. The number of aliphatic hydroxyl groups excluding tert-OH is 1. The quantitative estimate of drug-likeness (QED) is 0.674. The molecule has 0 radical (unpaired) electrons. The van der Waals surface area contributed by atoms with Gasteiger partial charge in [0, 0.05) is 26.7 Å². The van der Waals surface area contributed by atoms with Gasteiger partial charge in [-0.2, -0.15) is 0 Å². The minimum atomic E-state index is -0.494. The third-order valence-electron chi connectivity index (χ3n) is 3.40. The summed E-state index contributed by atoms with van der Waals surface area (Å²) in [5.41, 5.74) is 0. The molecule has 1 fully saturated rings. The molecule has 19 heavy (non-hydrogen) atoms. The van der Waals surface area contributed by atoms with E-state index < -0.39 is 6.10 Å². The Labute approximate surface area is 116 Å². The van der Waals surface area contributed by atoms with Crippen molar-refractivity contribution in [3.63, 3.8) is 0 Å². The lowest BCUT2D eigenvalue weighted by atomic mass is 10.1. The molecule has 5 heteroatoms. The van der Waals surface area contributed by atoms with E-state index in [1.807, 2.05) is 0 Å². The highest BCUT2D eigenvalue weighted by molar-refractivity contribution is 5.79. The van der Waals surface area contributed by atoms with Crippen LogP contribution < -0.4 is 5.32 Å². The van der Waals surface area contributed by atoms with Crippen molar-refractivity contribution in [3.8, 4) is 0 Å². The number of nitrogens with one attached hydrogen (secondary N) is 1. The standard InChI is InChI=1S/C14H28N2O3/c1-11(2)8-16-7-5-12(9-16)14(18)15-6-4-13(17)10-19-3/h11-13,17H,4-10H2,1-3H3,(H,15,18). The second kappa shape index (κ2) is 8.51. The van der Waals surface area contributed by atoms with Gasteiger partial charge in [0.05, 0.1) is 18.6 Å². The highest BCUT2D eigenvalue weighted by atomic mass is 16.5. The van der Waals surface area contributed by atoms with Crippen molar-refractivity contribution in [2.75, 3.05) is 39.9 Å². The van der Waals surface area contributed by atoms with E-state index >= 15 is 0 Å². The molecule has 0 aromatic rings. The molecule has 112 valence electrons. The highest BCUT2D eigenvalue weighted by Crippen LogP contribution is 2.17. The first-order valence-electron chi connectivity index (χ1n) is 7.20. The number of hydrogen-bond acceptors (Lipinski definition) is 4. The van der Waals surface area contributed by atoms with Crippen LogP contribution in [0.1, 0.15) is 26.7 Å². The Hall–Kier alpha value is -0.650. The van der Waals surface area contributed by atoms with E-state index in [2.05, 4.69) is 24.1 Å². The van der Waals surface area contributed by atoms with E-state index in [9.17, 15) is 9.90 Å². The maximum absolute atomic E-state index is 12.0. The first-order valence-corrected chi connectivity index (χ1v) is 7.20. The fourth-order valence-electron chi connectivity index (χ4n) is 2.51. The minimum Gasteiger partial charge on any atom is -0.391 e. The number of ether oxygens (including phenoxy) is 1. The Morgan fingerprint density at radius 3 is 2.89 bits per heavy atom. The Morgan fingerprint density at radius 2 is 2.26 bits per heavy atom. The molecule has 2 N–H and O–H groups in total. The van der Waals surface area contributed by atoms with Crippen molar-refractivity contribution in [2.24, 2.45) is 11.8 Å². The number of nitrogens with zero attached hydrogens (tertiary/aromatic N) is 1. The van der Waals surface area contributed by atoms with Crippen LogP contribution in [0.2, 0.25) is 0 Å². The molecule has 1 saturated heterocycles. The number of aliphatic hydroxyl groups is 1. The van der Waals surface area contributed by atoms with Crippen LogP contribution in [0.25, 0.3) is 0 Å². The van der Waals surface area contributed by atoms with Crippen LogP contribution in [0.4, 0.5) is 0 Å². The number of methoxy groups -OCH3 is 1. The summed E-state index contributed by atoms with van der Waals surface area (Å²) in [5, 5.41) is 12.4. The van der Waals surface area contributed by atoms with Gasteiger partial charge in [-0.25, -0.2) is 0 Å². The van der Waals surface area contributed by atoms with Gasteiger partial charge in [0.25, 0.3) is 0 Å². The molecule has 0 saturated carbocycles. The average molecular weight is 272 g/mol. The Kier molecular flexibility index (Phi) is 7.34. The summed E-state index contributed by atoms with van der Waals surface area (Å²) in [6.07, 6.45) is 0.993. The maximum atomic E-state index is 12.0. The number of amides is 1. The number of hydrogen-bond donors (Lipinski definition) is 2. The zero-order valence-electron chi connectivity index (χ0n) is 12.4. The SMILES string of the molecule is COCC(O)CCNC(=O)C1CCN(CC(C)C)C1. The van der Waals surface area contributed by atoms with Gasteiger partial charge in [-0.05, 0) is 25.3 Å². The molecule has 1 aliphatic heterocycles. The molecule has 0 spiro atoms. The molecule has 0 bridgehead atoms. The van der Waals surface area contributed by atoms with Gasteiger partial charge in [-0.15, -0.1) is 0 Å². The van der Waals surface area contributed by atoms with Gasteiger partial charge < -0.3 is 20.1 Å². The molecule has 1 amide bonds. The Bertz CT molecular complexity index is 271. The Morgan fingerprint density at radius 1 is 1.53 bits per heavy atom.